The lowest BCUT2D eigenvalue weighted by molar-refractivity contribution is 0.160. The van der Waals surface area contributed by atoms with E-state index in [4.69, 9.17) is 0 Å². The van der Waals surface area contributed by atoms with E-state index >= 15 is 0 Å². The molecule has 0 unspecified atom stereocenters. The number of benzene rings is 1. The Kier molecular flexibility index (Phi) is 5.69. The number of nitrogens with one attached hydrogen (secondary N) is 1. The van der Waals surface area contributed by atoms with Crippen LogP contribution < -0.4 is 5.43 Å². The van der Waals surface area contributed by atoms with Gasteiger partial charge in [0.15, 0.2) is 5.43 Å². The van der Waals surface area contributed by atoms with Crippen LogP contribution in [-0.4, -0.2) is 23.0 Å². The van der Waals surface area contributed by atoms with Gasteiger partial charge in [-0.05, 0) is 69.7 Å². The minimum absolute atomic E-state index is 0.151. The maximum absolute atomic E-state index is 13.0. The predicted octanol–water partition coefficient (Wildman–Crippen LogP) is 3.98. The molecule has 1 fully saturated rings. The second kappa shape index (κ2) is 7.96. The summed E-state index contributed by atoms with van der Waals surface area (Å²) in [7, 11) is 0. The molecule has 0 spiro atoms. The van der Waals surface area contributed by atoms with Crippen LogP contribution in [0, 0.1) is 25.6 Å². The molecule has 3 rings (SSSR count). The van der Waals surface area contributed by atoms with Gasteiger partial charge in [-0.3, -0.25) is 9.69 Å². The zero-order valence-electron chi connectivity index (χ0n) is 15.1. The predicted molar refractivity (Wildman–Crippen MR) is 99.3 cm³/mol. The van der Waals surface area contributed by atoms with Crippen LogP contribution in [0.4, 0.5) is 4.39 Å². The number of halogens is 1. The standard InChI is InChI=1S/C21H27FN2O/c1-15-12-23-20(16(2)21(15)25)14-24-11-3-4-18(13-24)6-5-17-7-9-19(22)10-8-17/h7-10,12,18H,3-6,11,13-14H2,1-2H3,(H,23,25)/t18-/m1/s1. The molecule has 0 radical (unpaired) electrons. The SMILES string of the molecule is Cc1c[nH]c(CN2CCC[C@H](CCc3ccc(F)cc3)C2)c(C)c1=O. The van der Waals surface area contributed by atoms with Crippen molar-refractivity contribution < 1.29 is 4.39 Å². The van der Waals surface area contributed by atoms with Gasteiger partial charge in [0.2, 0.25) is 0 Å². The summed E-state index contributed by atoms with van der Waals surface area (Å²) in [5.74, 6) is 0.492. The summed E-state index contributed by atoms with van der Waals surface area (Å²) in [6.07, 6.45) is 6.40. The molecule has 2 heterocycles. The summed E-state index contributed by atoms with van der Waals surface area (Å²) in [6, 6.07) is 6.85. The maximum atomic E-state index is 13.0. The lowest BCUT2D eigenvalue weighted by Gasteiger charge is -2.33. The van der Waals surface area contributed by atoms with E-state index in [-0.39, 0.29) is 11.2 Å². The molecule has 25 heavy (non-hydrogen) atoms. The number of likely N-dealkylation sites (tertiary alicyclic amines) is 1. The number of H-pyrrole nitrogens is 1. The van der Waals surface area contributed by atoms with Crippen molar-refractivity contribution in [2.24, 2.45) is 5.92 Å². The molecule has 4 heteroatoms. The fourth-order valence-electron chi connectivity index (χ4n) is 3.74. The van der Waals surface area contributed by atoms with Crippen molar-refractivity contribution in [2.75, 3.05) is 13.1 Å². The number of nitrogens with zero attached hydrogens (tertiary/aromatic N) is 1. The van der Waals surface area contributed by atoms with Crippen molar-refractivity contribution in [2.45, 2.75) is 46.1 Å². The number of aromatic nitrogens is 1. The highest BCUT2D eigenvalue weighted by Crippen LogP contribution is 2.23. The smallest absolute Gasteiger partial charge is 0.187 e. The Hall–Kier alpha value is -1.94. The van der Waals surface area contributed by atoms with E-state index in [2.05, 4.69) is 9.88 Å². The van der Waals surface area contributed by atoms with Gasteiger partial charge >= 0.3 is 0 Å². The number of rotatable bonds is 5. The average molecular weight is 342 g/mol. The van der Waals surface area contributed by atoms with Gasteiger partial charge in [0.25, 0.3) is 0 Å². The Morgan fingerprint density at radius 1 is 1.24 bits per heavy atom. The minimum atomic E-state index is -0.171. The highest BCUT2D eigenvalue weighted by atomic mass is 19.1. The Labute approximate surface area is 148 Å². The van der Waals surface area contributed by atoms with Crippen LogP contribution in [0.2, 0.25) is 0 Å². The first-order chi connectivity index (χ1) is 12.0. The topological polar surface area (TPSA) is 36.1 Å². The largest absolute Gasteiger partial charge is 0.363 e. The third kappa shape index (κ3) is 4.57. The molecule has 3 nitrogen and oxygen atoms in total. The molecule has 0 amide bonds. The number of aryl methyl sites for hydroxylation is 2. The van der Waals surface area contributed by atoms with Crippen LogP contribution >= 0.6 is 0 Å². The van der Waals surface area contributed by atoms with Gasteiger partial charge in [0, 0.05) is 36.1 Å². The second-order valence-corrected chi connectivity index (χ2v) is 7.31. The highest BCUT2D eigenvalue weighted by Gasteiger charge is 2.21. The highest BCUT2D eigenvalue weighted by molar-refractivity contribution is 5.23. The Morgan fingerprint density at radius 3 is 2.76 bits per heavy atom. The third-order valence-corrected chi connectivity index (χ3v) is 5.35. The van der Waals surface area contributed by atoms with E-state index in [9.17, 15) is 9.18 Å². The van der Waals surface area contributed by atoms with Crippen LogP contribution in [0.15, 0.2) is 35.3 Å². The Morgan fingerprint density at radius 2 is 2.00 bits per heavy atom. The molecule has 1 N–H and O–H groups in total. The van der Waals surface area contributed by atoms with Gasteiger partial charge in [0.1, 0.15) is 5.82 Å². The van der Waals surface area contributed by atoms with Crippen molar-refractivity contribution in [3.8, 4) is 0 Å². The Bertz CT molecular complexity index is 766. The van der Waals surface area contributed by atoms with Crippen LogP contribution in [0.5, 0.6) is 0 Å². The first-order valence-electron chi connectivity index (χ1n) is 9.17. The number of hydrogen-bond donors (Lipinski definition) is 1. The Balaban J connectivity index is 1.57. The average Bonchev–Trinajstić information content (AvgIpc) is 2.62. The molecule has 0 bridgehead atoms. The maximum Gasteiger partial charge on any atom is 0.187 e. The quantitative estimate of drug-likeness (QED) is 0.892. The van der Waals surface area contributed by atoms with Crippen molar-refractivity contribution in [1.82, 2.24) is 9.88 Å². The zero-order chi connectivity index (χ0) is 17.8. The molecule has 1 atom stereocenters. The molecular weight excluding hydrogens is 315 g/mol. The van der Waals surface area contributed by atoms with Gasteiger partial charge in [-0.1, -0.05) is 12.1 Å². The summed E-state index contributed by atoms with van der Waals surface area (Å²) in [5.41, 5.74) is 4.01. The fourth-order valence-corrected chi connectivity index (χ4v) is 3.74. The normalized spacial score (nSPS) is 18.4. The number of pyridine rings is 1. The number of hydrogen-bond acceptors (Lipinski definition) is 2. The van der Waals surface area contributed by atoms with Crippen LogP contribution in [0.3, 0.4) is 0 Å². The lowest BCUT2D eigenvalue weighted by atomic mass is 9.91. The molecule has 0 aliphatic carbocycles. The molecule has 0 saturated carbocycles. The van der Waals surface area contributed by atoms with E-state index in [1.54, 1.807) is 12.1 Å². The van der Waals surface area contributed by atoms with E-state index in [1.165, 1.54) is 18.4 Å². The van der Waals surface area contributed by atoms with Gasteiger partial charge in [-0.2, -0.15) is 0 Å². The van der Waals surface area contributed by atoms with Crippen molar-refractivity contribution >= 4 is 0 Å². The lowest BCUT2D eigenvalue weighted by Crippen LogP contribution is -2.36. The zero-order valence-corrected chi connectivity index (χ0v) is 15.1. The van der Waals surface area contributed by atoms with Crippen molar-refractivity contribution in [3.05, 3.63) is 68.9 Å². The van der Waals surface area contributed by atoms with E-state index in [0.29, 0.717) is 5.92 Å². The van der Waals surface area contributed by atoms with Crippen LogP contribution in [-0.2, 0) is 13.0 Å². The molecule has 2 aromatic rings. The number of aromatic amines is 1. The van der Waals surface area contributed by atoms with E-state index in [0.717, 1.165) is 49.3 Å². The van der Waals surface area contributed by atoms with E-state index in [1.807, 2.05) is 32.2 Å². The molecule has 1 aromatic carbocycles. The summed E-state index contributed by atoms with van der Waals surface area (Å²) < 4.78 is 13.0. The summed E-state index contributed by atoms with van der Waals surface area (Å²) in [6.45, 7) is 6.73. The van der Waals surface area contributed by atoms with Gasteiger partial charge in [-0.25, -0.2) is 4.39 Å². The second-order valence-electron chi connectivity index (χ2n) is 7.31. The molecule has 1 aromatic heterocycles. The third-order valence-electron chi connectivity index (χ3n) is 5.35. The summed E-state index contributed by atoms with van der Waals surface area (Å²) in [5, 5.41) is 0. The van der Waals surface area contributed by atoms with Crippen molar-refractivity contribution in [3.63, 3.8) is 0 Å². The number of piperidine rings is 1. The van der Waals surface area contributed by atoms with E-state index < -0.39 is 0 Å². The molecule has 134 valence electrons. The van der Waals surface area contributed by atoms with Gasteiger partial charge in [-0.15, -0.1) is 0 Å². The first-order valence-corrected chi connectivity index (χ1v) is 9.17. The minimum Gasteiger partial charge on any atom is -0.363 e. The molecule has 1 aliphatic rings. The molecule has 1 aliphatic heterocycles. The van der Waals surface area contributed by atoms with Crippen LogP contribution in [0.1, 0.15) is 41.6 Å². The molecule has 1 saturated heterocycles. The molecular formula is C21H27FN2O. The van der Waals surface area contributed by atoms with Crippen molar-refractivity contribution in [1.29, 1.82) is 0 Å². The summed E-state index contributed by atoms with van der Waals surface area (Å²) >= 11 is 0. The summed E-state index contributed by atoms with van der Waals surface area (Å²) in [4.78, 5) is 17.9. The first kappa shape index (κ1) is 17.9. The monoisotopic (exact) mass is 342 g/mol. The van der Waals surface area contributed by atoms with Gasteiger partial charge in [0.05, 0.1) is 0 Å². The van der Waals surface area contributed by atoms with Crippen LogP contribution in [0.25, 0.3) is 0 Å². The van der Waals surface area contributed by atoms with Gasteiger partial charge < -0.3 is 4.98 Å². The fraction of sp³-hybridized carbons (Fsp3) is 0.476.